The van der Waals surface area contributed by atoms with Crippen LogP contribution in [0.1, 0.15) is 22.3 Å². The van der Waals surface area contributed by atoms with Gasteiger partial charge in [-0.05, 0) is 151 Å². The van der Waals surface area contributed by atoms with Gasteiger partial charge < -0.3 is 9.13 Å². The molecule has 0 radical (unpaired) electrons. The molecule has 68 heavy (non-hydrogen) atoms. The van der Waals surface area contributed by atoms with Crippen molar-refractivity contribution in [3.8, 4) is 55.9 Å². The molecule has 0 spiro atoms. The molecule has 0 aliphatic rings. The summed E-state index contributed by atoms with van der Waals surface area (Å²) >= 11 is 0. The van der Waals surface area contributed by atoms with E-state index in [4.69, 9.17) is 4.98 Å². The molecule has 0 bridgehead atoms. The summed E-state index contributed by atoms with van der Waals surface area (Å²) in [6.45, 7) is 8.75. The van der Waals surface area contributed by atoms with E-state index < -0.39 is 0 Å². The second kappa shape index (κ2) is 15.5. The zero-order valence-electron chi connectivity index (χ0n) is 38.5. The molecule has 0 unspecified atom stereocenters. The number of aromatic nitrogens is 3. The van der Waals surface area contributed by atoms with Crippen LogP contribution in [0.15, 0.2) is 212 Å². The molecule has 0 aliphatic heterocycles. The largest absolute Gasteiger partial charge is 0.309 e. The summed E-state index contributed by atoms with van der Waals surface area (Å²) in [6, 6.07) is 78.5. The van der Waals surface area contributed by atoms with Crippen LogP contribution in [0.2, 0.25) is 0 Å². The maximum atomic E-state index is 5.85. The van der Waals surface area contributed by atoms with Crippen LogP contribution in [0.3, 0.4) is 0 Å². The summed E-state index contributed by atoms with van der Waals surface area (Å²) in [5.74, 6) is 0. The lowest BCUT2D eigenvalue weighted by Crippen LogP contribution is -2.01. The van der Waals surface area contributed by atoms with Crippen molar-refractivity contribution in [2.75, 3.05) is 0 Å². The van der Waals surface area contributed by atoms with Gasteiger partial charge in [-0.3, -0.25) is 0 Å². The lowest BCUT2D eigenvalue weighted by molar-refractivity contribution is 1.18. The number of benzene rings is 10. The van der Waals surface area contributed by atoms with Crippen molar-refractivity contribution in [1.82, 2.24) is 14.1 Å². The Morgan fingerprint density at radius 1 is 0.279 bits per heavy atom. The maximum Gasteiger partial charge on any atom is 0.0950 e. The zero-order chi connectivity index (χ0) is 45.6. The van der Waals surface area contributed by atoms with Gasteiger partial charge in [0.2, 0.25) is 0 Å². The maximum absolute atomic E-state index is 5.85. The summed E-state index contributed by atoms with van der Waals surface area (Å²) in [5.41, 5.74) is 23.1. The van der Waals surface area contributed by atoms with E-state index in [1.807, 2.05) is 0 Å². The summed E-state index contributed by atoms with van der Waals surface area (Å²) in [7, 11) is 0. The summed E-state index contributed by atoms with van der Waals surface area (Å²) in [6.07, 6.45) is 0. The van der Waals surface area contributed by atoms with Crippen molar-refractivity contribution >= 4 is 65.4 Å². The van der Waals surface area contributed by atoms with Crippen LogP contribution in [-0.2, 0) is 0 Å². The predicted octanol–water partition coefficient (Wildman–Crippen LogP) is 17.5. The Bertz CT molecular complexity index is 3750. The number of pyridine rings is 1. The predicted molar refractivity (Wildman–Crippen MR) is 289 cm³/mol. The minimum absolute atomic E-state index is 0.944. The van der Waals surface area contributed by atoms with Crippen LogP contribution >= 0.6 is 0 Å². The van der Waals surface area contributed by atoms with Crippen molar-refractivity contribution < 1.29 is 0 Å². The molecule has 3 heteroatoms. The normalized spacial score (nSPS) is 11.8. The van der Waals surface area contributed by atoms with Gasteiger partial charge in [0, 0.05) is 32.3 Å². The van der Waals surface area contributed by atoms with Gasteiger partial charge in [0.25, 0.3) is 0 Å². The average Bonchev–Trinajstić information content (AvgIpc) is 3.86. The first-order valence-corrected chi connectivity index (χ1v) is 23.6. The molecule has 3 heterocycles. The minimum atomic E-state index is 0.944. The molecular weight excluding hydrogens is 823 g/mol. The van der Waals surface area contributed by atoms with Crippen molar-refractivity contribution in [2.24, 2.45) is 0 Å². The molecule has 0 atom stereocenters. The van der Waals surface area contributed by atoms with E-state index in [0.717, 1.165) is 55.4 Å². The molecular formula is C65H47N3. The monoisotopic (exact) mass is 869 g/mol. The second-order valence-electron chi connectivity index (χ2n) is 18.8. The smallest absolute Gasteiger partial charge is 0.0950 e. The highest BCUT2D eigenvalue weighted by molar-refractivity contribution is 6.14. The Hall–Kier alpha value is -8.53. The van der Waals surface area contributed by atoms with Gasteiger partial charge in [0.05, 0.1) is 44.5 Å². The molecule has 13 aromatic rings. The fourth-order valence-electron chi connectivity index (χ4n) is 10.7. The van der Waals surface area contributed by atoms with E-state index in [-0.39, 0.29) is 0 Å². The standard InChI is InChI=1S/C65H47N3/c1-40-15-27-59-53(31-40)54-32-41(2)16-28-60(54)67(59)63-38-51(49-25-21-47(22-26-49)45-13-9-6-10-14-45)37-58-57(63)36-52-35-50(48-23-19-46(20-24-48)44-11-7-5-8-12-44)39-64(65(52)66-58)68-61-29-17-42(3)33-55(61)56-34-43(4)18-30-62(56)68/h5-39H,1-4H3. The first-order chi connectivity index (χ1) is 33.3. The number of aryl methyl sites for hydroxylation is 4. The first-order valence-electron chi connectivity index (χ1n) is 23.6. The van der Waals surface area contributed by atoms with Gasteiger partial charge in [-0.2, -0.15) is 0 Å². The molecule has 322 valence electrons. The van der Waals surface area contributed by atoms with E-state index in [0.29, 0.717) is 0 Å². The summed E-state index contributed by atoms with van der Waals surface area (Å²) < 4.78 is 4.93. The molecule has 0 N–H and O–H groups in total. The summed E-state index contributed by atoms with van der Waals surface area (Å²) in [5, 5.41) is 7.18. The Kier molecular flexibility index (Phi) is 9.10. The highest BCUT2D eigenvalue weighted by Crippen LogP contribution is 2.42. The average molecular weight is 870 g/mol. The molecule has 13 rings (SSSR count). The van der Waals surface area contributed by atoms with Crippen molar-refractivity contribution in [1.29, 1.82) is 0 Å². The highest BCUT2D eigenvalue weighted by atomic mass is 15.0. The third kappa shape index (κ3) is 6.53. The number of fused-ring (bicyclic) bond motifs is 8. The van der Waals surface area contributed by atoms with E-state index in [9.17, 15) is 0 Å². The highest BCUT2D eigenvalue weighted by Gasteiger charge is 2.21. The van der Waals surface area contributed by atoms with Crippen LogP contribution in [-0.4, -0.2) is 14.1 Å². The lowest BCUT2D eigenvalue weighted by atomic mass is 9.96. The van der Waals surface area contributed by atoms with Crippen LogP contribution in [0.5, 0.6) is 0 Å². The Morgan fingerprint density at radius 3 is 1.06 bits per heavy atom. The Balaban J connectivity index is 1.13. The van der Waals surface area contributed by atoms with Crippen LogP contribution in [0.25, 0.3) is 121 Å². The quantitative estimate of drug-likeness (QED) is 0.153. The first kappa shape index (κ1) is 39.8. The van der Waals surface area contributed by atoms with E-state index in [2.05, 4.69) is 249 Å². The molecule has 0 amide bonds. The molecule has 3 aromatic heterocycles. The van der Waals surface area contributed by atoms with Gasteiger partial charge in [-0.15, -0.1) is 0 Å². The molecule has 3 nitrogen and oxygen atoms in total. The third-order valence-electron chi connectivity index (χ3n) is 14.1. The topological polar surface area (TPSA) is 22.8 Å². The van der Waals surface area contributed by atoms with Gasteiger partial charge in [-0.1, -0.05) is 156 Å². The van der Waals surface area contributed by atoms with E-state index >= 15 is 0 Å². The number of hydrogen-bond donors (Lipinski definition) is 0. The summed E-state index contributed by atoms with van der Waals surface area (Å²) in [4.78, 5) is 5.85. The fraction of sp³-hybridized carbons (Fsp3) is 0.0615. The Labute approximate surface area is 395 Å². The van der Waals surface area contributed by atoms with E-state index in [1.165, 1.54) is 88.1 Å². The molecule has 0 saturated heterocycles. The zero-order valence-corrected chi connectivity index (χ0v) is 38.5. The second-order valence-corrected chi connectivity index (χ2v) is 18.8. The molecule has 10 aromatic carbocycles. The molecule has 0 aliphatic carbocycles. The van der Waals surface area contributed by atoms with Crippen molar-refractivity contribution in [3.05, 3.63) is 235 Å². The van der Waals surface area contributed by atoms with Crippen LogP contribution in [0.4, 0.5) is 0 Å². The lowest BCUT2D eigenvalue weighted by Gasteiger charge is -2.18. The van der Waals surface area contributed by atoms with Crippen LogP contribution < -0.4 is 0 Å². The van der Waals surface area contributed by atoms with Gasteiger partial charge >= 0.3 is 0 Å². The number of nitrogens with zero attached hydrogens (tertiary/aromatic N) is 3. The van der Waals surface area contributed by atoms with Crippen molar-refractivity contribution in [3.63, 3.8) is 0 Å². The fourth-order valence-corrected chi connectivity index (χ4v) is 10.7. The third-order valence-corrected chi connectivity index (χ3v) is 14.1. The van der Waals surface area contributed by atoms with Gasteiger partial charge in [0.1, 0.15) is 0 Å². The molecule has 0 fully saturated rings. The van der Waals surface area contributed by atoms with Gasteiger partial charge in [-0.25, -0.2) is 4.98 Å². The minimum Gasteiger partial charge on any atom is -0.309 e. The number of hydrogen-bond acceptors (Lipinski definition) is 1. The van der Waals surface area contributed by atoms with E-state index in [1.54, 1.807) is 0 Å². The van der Waals surface area contributed by atoms with Crippen LogP contribution in [0, 0.1) is 27.7 Å². The van der Waals surface area contributed by atoms with Crippen molar-refractivity contribution in [2.45, 2.75) is 27.7 Å². The Morgan fingerprint density at radius 2 is 0.632 bits per heavy atom. The molecule has 0 saturated carbocycles. The van der Waals surface area contributed by atoms with Gasteiger partial charge in [0.15, 0.2) is 0 Å². The number of rotatable bonds is 6. The SMILES string of the molecule is Cc1ccc2c(c1)c1cc(C)ccc1n2-c1cc(-c2ccc(-c3ccccc3)cc2)cc2nc3c(-n4c5ccc(C)cc5c5cc(C)ccc54)cc(-c4ccc(-c5ccccc5)cc4)cc3cc12.